The summed E-state index contributed by atoms with van der Waals surface area (Å²) in [4.78, 5) is 16.7. The molecule has 0 atom stereocenters. The van der Waals surface area contributed by atoms with Gasteiger partial charge in [-0.3, -0.25) is 4.79 Å². The lowest BCUT2D eigenvalue weighted by molar-refractivity contribution is 0.0950. The summed E-state index contributed by atoms with van der Waals surface area (Å²) in [5.41, 5.74) is 1.07. The van der Waals surface area contributed by atoms with E-state index in [1.165, 1.54) is 22.5 Å². The van der Waals surface area contributed by atoms with Crippen molar-refractivity contribution in [1.29, 1.82) is 0 Å². The van der Waals surface area contributed by atoms with Gasteiger partial charge in [0.1, 0.15) is 4.90 Å². The van der Waals surface area contributed by atoms with E-state index in [1.54, 1.807) is 18.3 Å². The smallest absolute Gasteiger partial charge is 0.251 e. The summed E-state index contributed by atoms with van der Waals surface area (Å²) in [6.45, 7) is 3.58. The molecular weight excluding hydrogens is 426 g/mol. The van der Waals surface area contributed by atoms with Crippen LogP contribution in [0, 0.1) is 0 Å². The van der Waals surface area contributed by atoms with Crippen molar-refractivity contribution < 1.29 is 17.9 Å². The van der Waals surface area contributed by atoms with Gasteiger partial charge in [-0.25, -0.2) is 13.4 Å². The fourth-order valence-electron chi connectivity index (χ4n) is 3.34. The standard InChI is InChI=1S/C21H26ClN3O4S/c1-2-29-20-13-16(9-10-23-20)15-24-21(26)17-7-8-18(22)19(14-17)30(27,28)25-11-5-3-4-6-12-25/h7-10,13-14H,2-6,11-12,15H2,1H3,(H,24,26). The first-order chi connectivity index (χ1) is 14.4. The van der Waals surface area contributed by atoms with E-state index >= 15 is 0 Å². The summed E-state index contributed by atoms with van der Waals surface area (Å²) in [5, 5.41) is 2.92. The number of halogens is 1. The van der Waals surface area contributed by atoms with E-state index in [-0.39, 0.29) is 27.9 Å². The number of hydrogen-bond acceptors (Lipinski definition) is 5. The molecule has 30 heavy (non-hydrogen) atoms. The molecule has 0 unspecified atom stereocenters. The quantitative estimate of drug-likeness (QED) is 0.694. The summed E-state index contributed by atoms with van der Waals surface area (Å²) in [6, 6.07) is 7.87. The first kappa shape index (κ1) is 22.5. The number of carbonyl (C=O) groups excluding carboxylic acids is 1. The number of sulfonamides is 1. The van der Waals surface area contributed by atoms with Gasteiger partial charge in [0, 0.05) is 37.5 Å². The molecule has 1 aromatic heterocycles. The summed E-state index contributed by atoms with van der Waals surface area (Å²) < 4.78 is 33.0. The minimum atomic E-state index is -3.75. The molecule has 1 saturated heterocycles. The van der Waals surface area contributed by atoms with Crippen LogP contribution in [0.25, 0.3) is 0 Å². The Hall–Kier alpha value is -2.16. The third kappa shape index (κ3) is 5.50. The van der Waals surface area contributed by atoms with Crippen LogP contribution in [-0.4, -0.2) is 43.3 Å². The van der Waals surface area contributed by atoms with Crippen LogP contribution in [0.3, 0.4) is 0 Å². The fraction of sp³-hybridized carbons (Fsp3) is 0.429. The number of nitrogens with one attached hydrogen (secondary N) is 1. The van der Waals surface area contributed by atoms with Crippen molar-refractivity contribution in [2.45, 2.75) is 44.0 Å². The van der Waals surface area contributed by atoms with Gasteiger partial charge in [0.15, 0.2) is 0 Å². The highest BCUT2D eigenvalue weighted by Crippen LogP contribution is 2.27. The molecule has 162 valence electrons. The van der Waals surface area contributed by atoms with Gasteiger partial charge >= 0.3 is 0 Å². The van der Waals surface area contributed by atoms with E-state index in [9.17, 15) is 13.2 Å². The molecule has 0 aliphatic carbocycles. The fourth-order valence-corrected chi connectivity index (χ4v) is 5.35. The molecule has 2 aromatic rings. The minimum Gasteiger partial charge on any atom is -0.478 e. The Labute approximate surface area is 182 Å². The summed E-state index contributed by atoms with van der Waals surface area (Å²) in [5.74, 6) is 0.107. The van der Waals surface area contributed by atoms with Crippen LogP contribution in [0.15, 0.2) is 41.4 Å². The number of nitrogens with zero attached hydrogens (tertiary/aromatic N) is 2. The molecule has 0 radical (unpaired) electrons. The first-order valence-corrected chi connectivity index (χ1v) is 11.9. The van der Waals surface area contributed by atoms with Gasteiger partial charge in [0.05, 0.1) is 11.6 Å². The Morgan fingerprint density at radius 3 is 2.60 bits per heavy atom. The van der Waals surface area contributed by atoms with Crippen molar-refractivity contribution >= 4 is 27.5 Å². The van der Waals surface area contributed by atoms with Crippen molar-refractivity contribution in [2.24, 2.45) is 0 Å². The lowest BCUT2D eigenvalue weighted by Gasteiger charge is -2.21. The zero-order valence-corrected chi connectivity index (χ0v) is 18.5. The Balaban J connectivity index is 1.75. The molecule has 0 spiro atoms. The molecule has 2 heterocycles. The summed E-state index contributed by atoms with van der Waals surface area (Å²) in [7, 11) is -3.75. The molecular formula is C21H26ClN3O4S. The SMILES string of the molecule is CCOc1cc(CNC(=O)c2ccc(Cl)c(S(=O)(=O)N3CCCCCC3)c2)ccn1. The van der Waals surface area contributed by atoms with Gasteiger partial charge in [-0.1, -0.05) is 24.4 Å². The maximum atomic E-state index is 13.1. The highest BCUT2D eigenvalue weighted by molar-refractivity contribution is 7.89. The van der Waals surface area contributed by atoms with Crippen molar-refractivity contribution in [1.82, 2.24) is 14.6 Å². The molecule has 3 rings (SSSR count). The van der Waals surface area contributed by atoms with E-state index in [2.05, 4.69) is 10.3 Å². The van der Waals surface area contributed by atoms with Crippen LogP contribution < -0.4 is 10.1 Å². The molecule has 1 aliphatic rings. The highest BCUT2D eigenvalue weighted by Gasteiger charge is 2.28. The lowest BCUT2D eigenvalue weighted by atomic mass is 10.2. The first-order valence-electron chi connectivity index (χ1n) is 10.1. The zero-order chi connectivity index (χ0) is 21.6. The van der Waals surface area contributed by atoms with Crippen LogP contribution in [-0.2, 0) is 16.6 Å². The van der Waals surface area contributed by atoms with Crippen LogP contribution >= 0.6 is 11.6 Å². The highest BCUT2D eigenvalue weighted by atomic mass is 35.5. The van der Waals surface area contributed by atoms with Crippen LogP contribution in [0.5, 0.6) is 5.88 Å². The van der Waals surface area contributed by atoms with Crippen LogP contribution in [0.4, 0.5) is 0 Å². The normalized spacial score (nSPS) is 15.4. The maximum absolute atomic E-state index is 13.1. The monoisotopic (exact) mass is 451 g/mol. The third-order valence-corrected chi connectivity index (χ3v) is 7.30. The zero-order valence-electron chi connectivity index (χ0n) is 16.9. The second-order valence-corrected chi connectivity index (χ2v) is 9.40. The van der Waals surface area contributed by atoms with E-state index in [0.29, 0.717) is 25.6 Å². The lowest BCUT2D eigenvalue weighted by Crippen LogP contribution is -2.32. The topological polar surface area (TPSA) is 88.6 Å². The number of pyridine rings is 1. The van der Waals surface area contributed by atoms with E-state index in [4.69, 9.17) is 16.3 Å². The maximum Gasteiger partial charge on any atom is 0.251 e. The van der Waals surface area contributed by atoms with Gasteiger partial charge < -0.3 is 10.1 Å². The van der Waals surface area contributed by atoms with E-state index in [0.717, 1.165) is 31.2 Å². The van der Waals surface area contributed by atoms with Gasteiger partial charge in [-0.2, -0.15) is 4.31 Å². The predicted molar refractivity (Wildman–Crippen MR) is 115 cm³/mol. The number of benzene rings is 1. The van der Waals surface area contributed by atoms with Crippen LogP contribution in [0.2, 0.25) is 5.02 Å². The number of aromatic nitrogens is 1. The minimum absolute atomic E-state index is 0.0266. The van der Waals surface area contributed by atoms with Crippen molar-refractivity contribution in [3.63, 3.8) is 0 Å². The molecule has 0 bridgehead atoms. The Morgan fingerprint density at radius 2 is 1.90 bits per heavy atom. The molecule has 1 aromatic carbocycles. The summed E-state index contributed by atoms with van der Waals surface area (Å²) >= 11 is 6.21. The number of amides is 1. The van der Waals surface area contributed by atoms with Gasteiger partial charge in [0.25, 0.3) is 5.91 Å². The van der Waals surface area contributed by atoms with E-state index in [1.807, 2.05) is 6.92 Å². The average Bonchev–Trinajstić information content (AvgIpc) is 3.03. The second kappa shape index (κ2) is 10.2. The molecule has 1 aliphatic heterocycles. The van der Waals surface area contributed by atoms with Gasteiger partial charge in [-0.15, -0.1) is 0 Å². The van der Waals surface area contributed by atoms with Gasteiger partial charge in [-0.05, 0) is 49.6 Å². The molecule has 1 N–H and O–H groups in total. The summed E-state index contributed by atoms with van der Waals surface area (Å²) in [6.07, 6.45) is 5.30. The number of carbonyl (C=O) groups is 1. The van der Waals surface area contributed by atoms with Crippen molar-refractivity contribution in [3.8, 4) is 5.88 Å². The molecule has 1 amide bonds. The molecule has 0 saturated carbocycles. The van der Waals surface area contributed by atoms with E-state index < -0.39 is 10.0 Å². The number of hydrogen-bond donors (Lipinski definition) is 1. The van der Waals surface area contributed by atoms with Gasteiger partial charge in [0.2, 0.25) is 15.9 Å². The number of rotatable bonds is 7. The molecule has 1 fully saturated rings. The average molecular weight is 452 g/mol. The Kier molecular flexibility index (Phi) is 7.69. The van der Waals surface area contributed by atoms with Crippen LogP contribution in [0.1, 0.15) is 48.5 Å². The third-order valence-electron chi connectivity index (χ3n) is 4.92. The Morgan fingerprint density at radius 1 is 1.17 bits per heavy atom. The molecule has 7 nitrogen and oxygen atoms in total. The Bertz CT molecular complexity index is 989. The number of ether oxygens (including phenoxy) is 1. The predicted octanol–water partition coefficient (Wildman–Crippen LogP) is 3.63. The largest absolute Gasteiger partial charge is 0.478 e. The second-order valence-electron chi connectivity index (χ2n) is 7.08. The molecule has 9 heteroatoms. The van der Waals surface area contributed by atoms with Crippen molar-refractivity contribution in [2.75, 3.05) is 19.7 Å². The van der Waals surface area contributed by atoms with Crippen molar-refractivity contribution in [3.05, 3.63) is 52.7 Å².